The topological polar surface area (TPSA) is 108 Å². The predicted molar refractivity (Wildman–Crippen MR) is 175 cm³/mol. The van der Waals surface area contributed by atoms with Crippen molar-refractivity contribution < 1.29 is 14.6 Å². The minimum atomic E-state index is -0.594. The average Bonchev–Trinajstić information content (AvgIpc) is 3.40. The maximum absolute atomic E-state index is 14.0. The van der Waals surface area contributed by atoms with Gasteiger partial charge >= 0.3 is 6.03 Å². The van der Waals surface area contributed by atoms with Gasteiger partial charge in [0.15, 0.2) is 0 Å². The number of benzene rings is 4. The summed E-state index contributed by atoms with van der Waals surface area (Å²) in [5.74, 6) is -0.0591. The van der Waals surface area contributed by atoms with Crippen LogP contribution in [0.5, 0.6) is 11.5 Å². The molecule has 2 aromatic heterocycles. The summed E-state index contributed by atoms with van der Waals surface area (Å²) in [5, 5.41) is 19.1. The van der Waals surface area contributed by atoms with Crippen molar-refractivity contribution in [3.05, 3.63) is 135 Å². The van der Waals surface area contributed by atoms with E-state index in [-0.39, 0.29) is 17.3 Å². The molecule has 0 radical (unpaired) electrons. The number of carbonyl (C=O) groups excluding carboxylic acids is 1. The molecule has 1 atom stereocenters. The summed E-state index contributed by atoms with van der Waals surface area (Å²) in [6, 6.07) is 30.2. The van der Waals surface area contributed by atoms with Crippen LogP contribution in [-0.2, 0) is 13.5 Å². The number of hydrogen-bond acceptors (Lipinski definition) is 4. The second kappa shape index (κ2) is 12.0. The van der Waals surface area contributed by atoms with Gasteiger partial charge in [0.2, 0.25) is 0 Å². The van der Waals surface area contributed by atoms with Crippen LogP contribution in [-0.4, -0.2) is 34.3 Å². The third-order valence-corrected chi connectivity index (χ3v) is 8.16. The maximum Gasteiger partial charge on any atom is 0.319 e. The number of urea groups is 1. The minimum Gasteiger partial charge on any atom is -0.507 e. The molecule has 0 aliphatic heterocycles. The molecule has 0 aliphatic rings. The Morgan fingerprint density at radius 3 is 2.39 bits per heavy atom. The third-order valence-electron chi connectivity index (χ3n) is 8.16. The summed E-state index contributed by atoms with van der Waals surface area (Å²) < 4.78 is 6.95. The number of aromatic nitrogens is 2. The molecule has 6 rings (SSSR count). The smallest absolute Gasteiger partial charge is 0.319 e. The lowest BCUT2D eigenvalue weighted by molar-refractivity contribution is 0.252. The highest BCUT2D eigenvalue weighted by molar-refractivity contribution is 5.91. The van der Waals surface area contributed by atoms with E-state index in [0.717, 1.165) is 33.3 Å². The van der Waals surface area contributed by atoms with E-state index in [1.165, 1.54) is 0 Å². The average molecular weight is 587 g/mol. The van der Waals surface area contributed by atoms with Crippen molar-refractivity contribution in [1.29, 1.82) is 0 Å². The molecule has 6 aromatic rings. The summed E-state index contributed by atoms with van der Waals surface area (Å²) in [6.07, 6.45) is 0.482. The predicted octanol–water partition coefficient (Wildman–Crippen LogP) is 6.59. The van der Waals surface area contributed by atoms with Gasteiger partial charge in [-0.1, -0.05) is 72.3 Å². The Morgan fingerprint density at radius 1 is 0.932 bits per heavy atom. The molecule has 44 heavy (non-hydrogen) atoms. The maximum atomic E-state index is 14.0. The molecule has 2 amide bonds. The van der Waals surface area contributed by atoms with Gasteiger partial charge in [0, 0.05) is 35.6 Å². The lowest BCUT2D eigenvalue weighted by atomic mass is 9.85. The number of aromatic hydroxyl groups is 1. The number of amides is 2. The number of aromatic amines is 1. The van der Waals surface area contributed by atoms with Crippen molar-refractivity contribution in [2.24, 2.45) is 7.05 Å². The van der Waals surface area contributed by atoms with E-state index in [0.29, 0.717) is 40.9 Å². The van der Waals surface area contributed by atoms with Crippen molar-refractivity contribution in [3.63, 3.8) is 0 Å². The minimum absolute atomic E-state index is 0.0341. The van der Waals surface area contributed by atoms with Crippen molar-refractivity contribution in [2.45, 2.75) is 19.3 Å². The van der Waals surface area contributed by atoms with E-state index in [2.05, 4.69) is 15.6 Å². The first-order valence-electron chi connectivity index (χ1n) is 14.5. The van der Waals surface area contributed by atoms with E-state index in [1.54, 1.807) is 30.9 Å². The van der Waals surface area contributed by atoms with Crippen LogP contribution in [0.15, 0.2) is 102 Å². The van der Waals surface area contributed by atoms with Gasteiger partial charge < -0.3 is 30.0 Å². The third kappa shape index (κ3) is 5.26. The molecule has 2 heterocycles. The van der Waals surface area contributed by atoms with E-state index < -0.39 is 5.92 Å². The van der Waals surface area contributed by atoms with Crippen LogP contribution >= 0.6 is 0 Å². The molecule has 4 N–H and O–H groups in total. The highest BCUT2D eigenvalue weighted by Gasteiger charge is 2.30. The number of pyridine rings is 1. The number of methoxy groups -OCH3 is 1. The van der Waals surface area contributed by atoms with Crippen LogP contribution in [0.3, 0.4) is 0 Å². The number of nitrogens with zero attached hydrogens (tertiary/aromatic N) is 1. The van der Waals surface area contributed by atoms with Gasteiger partial charge in [0.1, 0.15) is 11.5 Å². The Kier molecular flexibility index (Phi) is 7.81. The number of nitrogens with one attached hydrogen (secondary N) is 3. The number of rotatable bonds is 8. The first-order chi connectivity index (χ1) is 21.4. The SMILES string of the molecule is COc1ccccc1NC(=O)NCCc1c(C(c2ccc(C)cc2)c2c(O)c3ccccc3n(C)c2=O)[nH]c2ccccc12. The Hall–Kier alpha value is -5.50. The van der Waals surface area contributed by atoms with E-state index in [4.69, 9.17) is 4.74 Å². The second-order valence-corrected chi connectivity index (χ2v) is 10.9. The number of anilines is 1. The summed E-state index contributed by atoms with van der Waals surface area (Å²) in [6.45, 7) is 2.35. The van der Waals surface area contributed by atoms with Crippen LogP contribution < -0.4 is 20.9 Å². The molecule has 0 saturated heterocycles. The fourth-order valence-corrected chi connectivity index (χ4v) is 5.95. The number of aryl methyl sites for hydroxylation is 2. The van der Waals surface area contributed by atoms with Gasteiger partial charge in [-0.25, -0.2) is 4.79 Å². The summed E-state index contributed by atoms with van der Waals surface area (Å²) in [5.41, 5.74) is 5.87. The number of para-hydroxylation sites is 4. The Bertz CT molecular complexity index is 2040. The van der Waals surface area contributed by atoms with Crippen LogP contribution in [0.25, 0.3) is 21.8 Å². The number of fused-ring (bicyclic) bond motifs is 2. The fourth-order valence-electron chi connectivity index (χ4n) is 5.95. The monoisotopic (exact) mass is 586 g/mol. The zero-order valence-corrected chi connectivity index (χ0v) is 24.8. The van der Waals surface area contributed by atoms with Gasteiger partial charge in [-0.3, -0.25) is 4.79 Å². The Labute approximate surface area is 254 Å². The molecule has 0 fully saturated rings. The lowest BCUT2D eigenvalue weighted by Crippen LogP contribution is -2.31. The summed E-state index contributed by atoms with van der Waals surface area (Å²) in [7, 11) is 3.29. The van der Waals surface area contributed by atoms with Crippen LogP contribution in [0.1, 0.15) is 33.9 Å². The summed E-state index contributed by atoms with van der Waals surface area (Å²) >= 11 is 0. The van der Waals surface area contributed by atoms with Gasteiger partial charge in [-0.05, 0) is 54.8 Å². The lowest BCUT2D eigenvalue weighted by Gasteiger charge is -2.22. The first kappa shape index (κ1) is 28.6. The van der Waals surface area contributed by atoms with Gasteiger partial charge in [0.05, 0.1) is 29.8 Å². The normalized spacial score (nSPS) is 11.9. The Balaban J connectivity index is 1.44. The molecule has 0 aliphatic carbocycles. The molecule has 0 spiro atoms. The summed E-state index contributed by atoms with van der Waals surface area (Å²) in [4.78, 5) is 30.5. The molecule has 4 aromatic carbocycles. The zero-order valence-electron chi connectivity index (χ0n) is 24.8. The molecular formula is C36H34N4O4. The number of H-pyrrole nitrogens is 1. The highest BCUT2D eigenvalue weighted by atomic mass is 16.5. The number of hydrogen-bond donors (Lipinski definition) is 4. The largest absolute Gasteiger partial charge is 0.507 e. The van der Waals surface area contributed by atoms with E-state index in [9.17, 15) is 14.7 Å². The van der Waals surface area contributed by atoms with Gasteiger partial charge in [-0.15, -0.1) is 0 Å². The van der Waals surface area contributed by atoms with E-state index in [1.807, 2.05) is 91.9 Å². The molecule has 1 unspecified atom stereocenters. The molecule has 222 valence electrons. The molecular weight excluding hydrogens is 552 g/mol. The number of carbonyl (C=O) groups is 1. The Morgan fingerprint density at radius 2 is 1.61 bits per heavy atom. The van der Waals surface area contributed by atoms with Crippen LogP contribution in [0.2, 0.25) is 0 Å². The number of ether oxygens (including phenoxy) is 1. The fraction of sp³-hybridized carbons (Fsp3) is 0.167. The molecule has 8 nitrogen and oxygen atoms in total. The van der Waals surface area contributed by atoms with Crippen molar-refractivity contribution in [2.75, 3.05) is 19.0 Å². The van der Waals surface area contributed by atoms with Crippen molar-refractivity contribution in [3.8, 4) is 11.5 Å². The van der Waals surface area contributed by atoms with Gasteiger partial charge in [-0.2, -0.15) is 0 Å². The molecule has 0 bridgehead atoms. The molecule has 0 saturated carbocycles. The standard InChI is InChI=1S/C36H34N4O4/c1-22-16-18-23(19-17-22)31(32-34(41)26-11-5-8-14-29(26)40(2)35(32)42)33-25(24-10-4-6-12-27(24)38-33)20-21-37-36(43)39-28-13-7-9-15-30(28)44-3/h4-19,31,38,41H,20-21H2,1-3H3,(H2,37,39,43). The highest BCUT2D eigenvalue weighted by Crippen LogP contribution is 2.41. The van der Waals surface area contributed by atoms with Crippen LogP contribution in [0.4, 0.5) is 10.5 Å². The van der Waals surface area contributed by atoms with Gasteiger partial charge in [0.25, 0.3) is 5.56 Å². The van der Waals surface area contributed by atoms with Crippen LogP contribution in [0, 0.1) is 6.92 Å². The zero-order chi connectivity index (χ0) is 30.8. The molecule has 8 heteroatoms. The quantitative estimate of drug-likeness (QED) is 0.161. The first-order valence-corrected chi connectivity index (χ1v) is 14.5. The van der Waals surface area contributed by atoms with Crippen molar-refractivity contribution in [1.82, 2.24) is 14.9 Å². The van der Waals surface area contributed by atoms with E-state index >= 15 is 0 Å². The second-order valence-electron chi connectivity index (χ2n) is 10.9. The van der Waals surface area contributed by atoms with Crippen molar-refractivity contribution >= 4 is 33.5 Å².